The molecule has 0 radical (unpaired) electrons. The summed E-state index contributed by atoms with van der Waals surface area (Å²) < 4.78 is 4.75. The Balaban J connectivity index is 0. The fraction of sp³-hybridized carbons (Fsp3) is 0.875. The second-order valence-electron chi connectivity index (χ2n) is 2.40. The number of ether oxygens (including phenoxy) is 1. The van der Waals surface area contributed by atoms with E-state index in [1.807, 2.05) is 0 Å². The molecule has 11 heavy (non-hydrogen) atoms. The van der Waals surface area contributed by atoms with Crippen molar-refractivity contribution in [3.63, 3.8) is 0 Å². The van der Waals surface area contributed by atoms with Crippen LogP contribution in [0.3, 0.4) is 0 Å². The summed E-state index contributed by atoms with van der Waals surface area (Å²) in [5, 5.41) is 0. The summed E-state index contributed by atoms with van der Waals surface area (Å²) >= 11 is 0. The molecular weight excluding hydrogens is 224 g/mol. The third-order valence-corrected chi connectivity index (χ3v) is 1.30. The van der Waals surface area contributed by atoms with E-state index in [0.29, 0.717) is 6.61 Å². The number of carbonyl (C=O) groups excluding carboxylic acids is 1. The third-order valence-electron chi connectivity index (χ3n) is 1.30. The Morgan fingerprint density at radius 3 is 2.36 bits per heavy atom. The molecule has 0 aromatic carbocycles. The van der Waals surface area contributed by atoms with Gasteiger partial charge in [-0.2, -0.15) is 0 Å². The largest absolute Gasteiger partial charge is 0.466 e. The summed E-state index contributed by atoms with van der Waals surface area (Å²) in [4.78, 5) is 10.3. The minimum Gasteiger partial charge on any atom is -0.466 e. The first-order chi connectivity index (χ1) is 4.77. The molecule has 2 nitrogen and oxygen atoms in total. The molecule has 0 fully saturated rings. The number of hydrogen-bond donors (Lipinski definition) is 0. The Morgan fingerprint density at radius 1 is 1.27 bits per heavy atom. The molecule has 0 unspecified atom stereocenters. The summed E-state index contributed by atoms with van der Waals surface area (Å²) in [6, 6.07) is 0. The van der Waals surface area contributed by atoms with Gasteiger partial charge in [-0.15, -0.1) is 0 Å². The number of rotatable bonds is 5. The molecule has 0 aliphatic rings. The van der Waals surface area contributed by atoms with Gasteiger partial charge in [-0.25, -0.2) is 0 Å². The summed E-state index contributed by atoms with van der Waals surface area (Å²) in [7, 11) is 0. The van der Waals surface area contributed by atoms with Gasteiger partial charge in [-0.1, -0.05) is 26.2 Å². The van der Waals surface area contributed by atoms with E-state index in [1.54, 1.807) is 0 Å². The third kappa shape index (κ3) is 13.2. The van der Waals surface area contributed by atoms with E-state index in [4.69, 9.17) is 4.74 Å². The van der Waals surface area contributed by atoms with Crippen molar-refractivity contribution in [2.75, 3.05) is 6.61 Å². The molecule has 0 amide bonds. The normalized spacial score (nSPS) is 8.55. The van der Waals surface area contributed by atoms with E-state index < -0.39 is 0 Å². The number of esters is 1. The van der Waals surface area contributed by atoms with E-state index in [2.05, 4.69) is 6.92 Å². The van der Waals surface area contributed by atoms with Crippen LogP contribution in [0.4, 0.5) is 0 Å². The minimum absolute atomic E-state index is 0. The molecule has 0 aromatic heterocycles. The number of unbranched alkanes of at least 4 members (excludes halogenated alkanes) is 3. The monoisotopic (exact) mass is 242 g/mol. The molecule has 0 aliphatic carbocycles. The van der Waals surface area contributed by atoms with E-state index in [0.717, 1.165) is 6.42 Å². The van der Waals surface area contributed by atoms with Crippen molar-refractivity contribution < 1.29 is 30.6 Å². The van der Waals surface area contributed by atoms with Gasteiger partial charge in [-0.05, 0) is 6.42 Å². The van der Waals surface area contributed by atoms with Crippen LogP contribution < -0.4 is 0 Å². The Morgan fingerprint density at radius 2 is 1.91 bits per heavy atom. The van der Waals surface area contributed by atoms with Gasteiger partial charge in [0.1, 0.15) is 0 Å². The first-order valence-corrected chi connectivity index (χ1v) is 3.90. The van der Waals surface area contributed by atoms with E-state index in [-0.39, 0.29) is 27.0 Å². The fourth-order valence-corrected chi connectivity index (χ4v) is 0.745. The van der Waals surface area contributed by atoms with Gasteiger partial charge in [0.05, 0.1) is 6.61 Å². The second kappa shape index (κ2) is 10.2. The first-order valence-electron chi connectivity index (χ1n) is 3.90. The maximum atomic E-state index is 10.3. The van der Waals surface area contributed by atoms with Crippen molar-refractivity contribution in [2.24, 2.45) is 0 Å². The zero-order chi connectivity index (χ0) is 7.82. The molecular formula is C8H16MoO2. The van der Waals surface area contributed by atoms with Crippen LogP contribution in [0.15, 0.2) is 0 Å². The standard InChI is InChI=1S/C8H16O2.Mo/c1-3-4-5-6-7-10-8(2)9;/h3-7H2,1-2H3;. The van der Waals surface area contributed by atoms with Crippen LogP contribution in [0.25, 0.3) is 0 Å². The SMILES string of the molecule is CCCCCCOC(C)=O.[Mo]. The molecule has 0 saturated heterocycles. The average Bonchev–Trinajstić information content (AvgIpc) is 1.87. The van der Waals surface area contributed by atoms with Gasteiger partial charge in [-0.3, -0.25) is 4.79 Å². The molecule has 0 saturated carbocycles. The molecule has 0 aromatic rings. The number of carbonyl (C=O) groups is 1. The van der Waals surface area contributed by atoms with Gasteiger partial charge in [0.2, 0.25) is 0 Å². The van der Waals surface area contributed by atoms with Crippen LogP contribution in [0.1, 0.15) is 39.5 Å². The first kappa shape index (κ1) is 13.7. The Bertz CT molecular complexity index is 94.1. The molecule has 3 heteroatoms. The van der Waals surface area contributed by atoms with Gasteiger partial charge < -0.3 is 4.74 Å². The van der Waals surface area contributed by atoms with Crippen molar-refractivity contribution >= 4 is 5.97 Å². The predicted molar refractivity (Wildman–Crippen MR) is 40.8 cm³/mol. The van der Waals surface area contributed by atoms with Crippen LogP contribution >= 0.6 is 0 Å². The van der Waals surface area contributed by atoms with Crippen molar-refractivity contribution in [3.05, 3.63) is 0 Å². The van der Waals surface area contributed by atoms with Crippen LogP contribution in [0.2, 0.25) is 0 Å². The molecule has 66 valence electrons. The molecule has 0 heterocycles. The fourth-order valence-electron chi connectivity index (χ4n) is 0.745. The molecule has 0 aliphatic heterocycles. The van der Waals surface area contributed by atoms with Crippen molar-refractivity contribution in [1.82, 2.24) is 0 Å². The average molecular weight is 240 g/mol. The van der Waals surface area contributed by atoms with Crippen LogP contribution in [0.5, 0.6) is 0 Å². The topological polar surface area (TPSA) is 26.3 Å². The van der Waals surface area contributed by atoms with Crippen LogP contribution in [-0.2, 0) is 30.6 Å². The minimum atomic E-state index is -0.170. The molecule has 0 rings (SSSR count). The van der Waals surface area contributed by atoms with E-state index in [1.165, 1.54) is 26.2 Å². The molecule has 0 N–H and O–H groups in total. The summed E-state index contributed by atoms with van der Waals surface area (Å²) in [5.74, 6) is -0.170. The van der Waals surface area contributed by atoms with Gasteiger partial charge in [0, 0.05) is 28.0 Å². The summed E-state index contributed by atoms with van der Waals surface area (Å²) in [5.41, 5.74) is 0. The quantitative estimate of drug-likeness (QED) is 0.418. The zero-order valence-corrected chi connectivity index (χ0v) is 9.27. The molecule has 0 atom stereocenters. The maximum Gasteiger partial charge on any atom is 0.302 e. The van der Waals surface area contributed by atoms with Crippen molar-refractivity contribution in [3.8, 4) is 0 Å². The van der Waals surface area contributed by atoms with Gasteiger partial charge in [0.25, 0.3) is 0 Å². The Kier molecular flexibility index (Phi) is 12.7. The Hall–Kier alpha value is 0.158. The second-order valence-corrected chi connectivity index (χ2v) is 2.40. The smallest absolute Gasteiger partial charge is 0.302 e. The predicted octanol–water partition coefficient (Wildman–Crippen LogP) is 2.13. The molecule has 0 spiro atoms. The van der Waals surface area contributed by atoms with E-state index in [9.17, 15) is 4.79 Å². The van der Waals surface area contributed by atoms with Gasteiger partial charge in [0.15, 0.2) is 0 Å². The summed E-state index contributed by atoms with van der Waals surface area (Å²) in [6.07, 6.45) is 4.64. The van der Waals surface area contributed by atoms with Crippen molar-refractivity contribution in [1.29, 1.82) is 0 Å². The van der Waals surface area contributed by atoms with Crippen molar-refractivity contribution in [2.45, 2.75) is 39.5 Å². The maximum absolute atomic E-state index is 10.3. The zero-order valence-electron chi connectivity index (χ0n) is 7.26. The Labute approximate surface area is 83.0 Å². The van der Waals surface area contributed by atoms with Crippen LogP contribution in [0, 0.1) is 0 Å². The number of hydrogen-bond acceptors (Lipinski definition) is 2. The van der Waals surface area contributed by atoms with E-state index >= 15 is 0 Å². The van der Waals surface area contributed by atoms with Gasteiger partial charge >= 0.3 is 5.97 Å². The van der Waals surface area contributed by atoms with Crippen LogP contribution in [-0.4, -0.2) is 12.6 Å². The molecule has 0 bridgehead atoms. The summed E-state index contributed by atoms with van der Waals surface area (Å²) in [6.45, 7) is 4.20.